The van der Waals surface area contributed by atoms with Crippen molar-refractivity contribution in [3.8, 4) is 0 Å². The van der Waals surface area contributed by atoms with E-state index in [1.807, 2.05) is 0 Å². The van der Waals surface area contributed by atoms with Gasteiger partial charge in [0.25, 0.3) is 0 Å². The molecule has 2 atom stereocenters. The number of aliphatic hydroxyl groups is 1. The van der Waals surface area contributed by atoms with E-state index in [1.165, 1.54) is 0 Å². The Morgan fingerprint density at radius 3 is 2.39 bits per heavy atom. The fraction of sp³-hybridized carbons (Fsp3) is 0.909. The highest BCUT2D eigenvalue weighted by atomic mass is 19.4. The van der Waals surface area contributed by atoms with Crippen LogP contribution in [0.1, 0.15) is 33.6 Å². The largest absolute Gasteiger partial charge is 0.444 e. The molecule has 0 aromatic carbocycles. The monoisotopic (exact) mass is 269 g/mol. The third-order valence-corrected chi connectivity index (χ3v) is 2.63. The van der Waals surface area contributed by atoms with Crippen molar-refractivity contribution >= 4 is 6.09 Å². The Labute approximate surface area is 104 Å². The van der Waals surface area contributed by atoms with Gasteiger partial charge < -0.3 is 14.7 Å². The van der Waals surface area contributed by atoms with Crippen molar-refractivity contribution in [3.63, 3.8) is 0 Å². The summed E-state index contributed by atoms with van der Waals surface area (Å²) in [6.07, 6.45) is -7.51. The fourth-order valence-electron chi connectivity index (χ4n) is 1.89. The van der Waals surface area contributed by atoms with Crippen LogP contribution in [-0.4, -0.2) is 46.6 Å². The first-order valence-electron chi connectivity index (χ1n) is 5.77. The molecule has 1 aliphatic heterocycles. The molecule has 0 spiro atoms. The van der Waals surface area contributed by atoms with Gasteiger partial charge in [-0.15, -0.1) is 0 Å². The van der Waals surface area contributed by atoms with Crippen molar-refractivity contribution < 1.29 is 27.8 Å². The fourth-order valence-corrected chi connectivity index (χ4v) is 1.89. The Bertz CT molecular complexity index is 312. The third kappa shape index (κ3) is 3.76. The van der Waals surface area contributed by atoms with Gasteiger partial charge in [0.2, 0.25) is 0 Å². The van der Waals surface area contributed by atoms with Crippen LogP contribution in [0.3, 0.4) is 0 Å². The predicted octanol–water partition coefficient (Wildman–Crippen LogP) is 2.31. The van der Waals surface area contributed by atoms with Crippen LogP contribution in [0.2, 0.25) is 0 Å². The normalized spacial score (nSPS) is 23.1. The minimum absolute atomic E-state index is 0.125. The van der Waals surface area contributed by atoms with Gasteiger partial charge in [-0.1, -0.05) is 0 Å². The second-order valence-corrected chi connectivity index (χ2v) is 5.37. The molecule has 0 bridgehead atoms. The van der Waals surface area contributed by atoms with Crippen molar-refractivity contribution in [2.75, 3.05) is 6.54 Å². The highest BCUT2D eigenvalue weighted by Gasteiger charge is 2.48. The Hall–Kier alpha value is -0.980. The molecule has 1 N–H and O–H groups in total. The summed E-state index contributed by atoms with van der Waals surface area (Å²) in [5, 5.41) is 9.23. The summed E-state index contributed by atoms with van der Waals surface area (Å²) < 4.78 is 42.4. The molecule has 0 radical (unpaired) electrons. The number of nitrogens with zero attached hydrogens (tertiary/aromatic N) is 1. The molecule has 18 heavy (non-hydrogen) atoms. The zero-order chi connectivity index (χ0) is 14.1. The molecule has 1 aliphatic rings. The van der Waals surface area contributed by atoms with Gasteiger partial charge in [-0.3, -0.25) is 0 Å². The van der Waals surface area contributed by atoms with Crippen molar-refractivity contribution in [3.05, 3.63) is 0 Å². The Balaban J connectivity index is 2.74. The molecule has 1 saturated heterocycles. The molecule has 0 unspecified atom stereocenters. The summed E-state index contributed by atoms with van der Waals surface area (Å²) in [7, 11) is 0. The lowest BCUT2D eigenvalue weighted by Gasteiger charge is -2.31. The van der Waals surface area contributed by atoms with Gasteiger partial charge in [-0.2, -0.15) is 13.2 Å². The molecule has 1 fully saturated rings. The van der Waals surface area contributed by atoms with E-state index in [9.17, 15) is 23.1 Å². The minimum atomic E-state index is -4.73. The van der Waals surface area contributed by atoms with Crippen molar-refractivity contribution in [2.24, 2.45) is 0 Å². The minimum Gasteiger partial charge on any atom is -0.444 e. The number of rotatable bonds is 1. The zero-order valence-corrected chi connectivity index (χ0v) is 10.6. The first-order chi connectivity index (χ1) is 8.02. The number of carbonyl (C=O) groups excluding carboxylic acids is 1. The van der Waals surface area contributed by atoms with E-state index in [0.717, 1.165) is 4.90 Å². The van der Waals surface area contributed by atoms with Gasteiger partial charge in [0.1, 0.15) is 5.60 Å². The van der Waals surface area contributed by atoms with Crippen molar-refractivity contribution in [1.29, 1.82) is 0 Å². The Morgan fingerprint density at radius 1 is 1.39 bits per heavy atom. The third-order valence-electron chi connectivity index (χ3n) is 2.63. The van der Waals surface area contributed by atoms with Crippen LogP contribution >= 0.6 is 0 Å². The number of carbonyl (C=O) groups is 1. The van der Waals surface area contributed by atoms with Crippen LogP contribution in [0.5, 0.6) is 0 Å². The molecule has 4 nitrogen and oxygen atoms in total. The number of aliphatic hydroxyl groups excluding tert-OH is 1. The van der Waals surface area contributed by atoms with E-state index >= 15 is 0 Å². The van der Waals surface area contributed by atoms with E-state index in [0.29, 0.717) is 6.42 Å². The van der Waals surface area contributed by atoms with E-state index < -0.39 is 30.0 Å². The lowest BCUT2D eigenvalue weighted by Crippen LogP contribution is -2.50. The van der Waals surface area contributed by atoms with Gasteiger partial charge in [0, 0.05) is 6.54 Å². The van der Waals surface area contributed by atoms with Gasteiger partial charge in [0.05, 0.1) is 6.04 Å². The first-order valence-corrected chi connectivity index (χ1v) is 5.77. The number of hydrogen-bond donors (Lipinski definition) is 1. The summed E-state index contributed by atoms with van der Waals surface area (Å²) >= 11 is 0. The standard InChI is InChI=1S/C11H18F3NO3/c1-10(2,3)18-9(17)15-6-4-5-7(15)8(16)11(12,13)14/h7-8,16H,4-6H2,1-3H3/t7-,8+/m0/s1. The van der Waals surface area contributed by atoms with Crippen LogP contribution in [0.15, 0.2) is 0 Å². The maximum absolute atomic E-state index is 12.4. The van der Waals surface area contributed by atoms with E-state index in [4.69, 9.17) is 4.74 Å². The highest BCUT2D eigenvalue weighted by Crippen LogP contribution is 2.31. The van der Waals surface area contributed by atoms with Crippen LogP contribution < -0.4 is 0 Å². The number of alkyl halides is 3. The maximum atomic E-state index is 12.4. The highest BCUT2D eigenvalue weighted by molar-refractivity contribution is 5.69. The number of hydrogen-bond acceptors (Lipinski definition) is 3. The summed E-state index contributed by atoms with van der Waals surface area (Å²) in [6, 6.07) is -1.25. The molecule has 1 amide bonds. The molecule has 106 valence electrons. The lowest BCUT2D eigenvalue weighted by molar-refractivity contribution is -0.217. The molecule has 0 saturated carbocycles. The average Bonchev–Trinajstić information content (AvgIpc) is 2.60. The summed E-state index contributed by atoms with van der Waals surface area (Å²) in [5.41, 5.74) is -0.770. The van der Waals surface area contributed by atoms with E-state index in [1.54, 1.807) is 20.8 Å². The molecule has 0 aliphatic carbocycles. The van der Waals surface area contributed by atoms with Crippen LogP contribution in [0.25, 0.3) is 0 Å². The van der Waals surface area contributed by atoms with Crippen LogP contribution in [0.4, 0.5) is 18.0 Å². The van der Waals surface area contributed by atoms with Gasteiger partial charge >= 0.3 is 12.3 Å². The van der Waals surface area contributed by atoms with Crippen LogP contribution in [-0.2, 0) is 4.74 Å². The van der Waals surface area contributed by atoms with Gasteiger partial charge in [-0.25, -0.2) is 4.79 Å². The average molecular weight is 269 g/mol. The molecular weight excluding hydrogens is 251 g/mol. The van der Waals surface area contributed by atoms with Gasteiger partial charge in [0.15, 0.2) is 6.10 Å². The van der Waals surface area contributed by atoms with Gasteiger partial charge in [-0.05, 0) is 33.6 Å². The summed E-state index contributed by atoms with van der Waals surface area (Å²) in [6.45, 7) is 5.08. The van der Waals surface area contributed by atoms with Crippen molar-refractivity contribution in [1.82, 2.24) is 4.90 Å². The molecule has 7 heteroatoms. The molecule has 0 aromatic heterocycles. The second kappa shape index (κ2) is 4.95. The predicted molar refractivity (Wildman–Crippen MR) is 58.0 cm³/mol. The zero-order valence-electron chi connectivity index (χ0n) is 10.6. The Kier molecular flexibility index (Phi) is 4.15. The quantitative estimate of drug-likeness (QED) is 0.794. The van der Waals surface area contributed by atoms with E-state index in [2.05, 4.69) is 0 Å². The molecule has 1 rings (SSSR count). The second-order valence-electron chi connectivity index (χ2n) is 5.37. The maximum Gasteiger partial charge on any atom is 0.416 e. The molecule has 1 heterocycles. The number of halogens is 3. The molecular formula is C11H18F3NO3. The first kappa shape index (κ1) is 15.1. The van der Waals surface area contributed by atoms with E-state index in [-0.39, 0.29) is 13.0 Å². The smallest absolute Gasteiger partial charge is 0.416 e. The van der Waals surface area contributed by atoms with Crippen LogP contribution in [0, 0.1) is 0 Å². The number of ether oxygens (including phenoxy) is 1. The molecule has 0 aromatic rings. The summed E-state index contributed by atoms with van der Waals surface area (Å²) in [4.78, 5) is 12.7. The lowest BCUT2D eigenvalue weighted by atomic mass is 10.1. The Morgan fingerprint density at radius 2 is 1.94 bits per heavy atom. The SMILES string of the molecule is CC(C)(C)OC(=O)N1CCC[C@H]1[C@@H](O)C(F)(F)F. The number of likely N-dealkylation sites (tertiary alicyclic amines) is 1. The summed E-state index contributed by atoms with van der Waals surface area (Å²) in [5.74, 6) is 0. The number of amides is 1. The topological polar surface area (TPSA) is 49.8 Å². The van der Waals surface area contributed by atoms with Crippen molar-refractivity contribution in [2.45, 2.75) is 57.5 Å².